The number of nitrogens with zero attached hydrogens (tertiary/aromatic N) is 4. The van der Waals surface area contributed by atoms with Crippen molar-refractivity contribution >= 4 is 5.91 Å². The van der Waals surface area contributed by atoms with Gasteiger partial charge in [0.15, 0.2) is 0 Å². The summed E-state index contributed by atoms with van der Waals surface area (Å²) in [5.41, 5.74) is 1.76. The van der Waals surface area contributed by atoms with Crippen LogP contribution in [-0.2, 0) is 11.2 Å². The van der Waals surface area contributed by atoms with Crippen LogP contribution in [0, 0.1) is 5.92 Å². The molecule has 122 valence electrons. The molecule has 1 fully saturated rings. The largest absolute Gasteiger partial charge is 0.391 e. The van der Waals surface area contributed by atoms with E-state index in [1.807, 2.05) is 24.3 Å². The first-order chi connectivity index (χ1) is 11.2. The number of carbonyl (C=O) groups excluding carboxylic acids is 1. The number of carbonyl (C=O) groups is 1. The zero-order valence-electron chi connectivity index (χ0n) is 12.9. The maximum atomic E-state index is 12.0. The number of aromatic nitrogens is 4. The van der Waals surface area contributed by atoms with Crippen LogP contribution < -0.4 is 5.32 Å². The summed E-state index contributed by atoms with van der Waals surface area (Å²) in [5.74, 6) is 0.267. The van der Waals surface area contributed by atoms with E-state index < -0.39 is 6.10 Å². The number of hydrogen-bond acceptors (Lipinski definition) is 5. The van der Waals surface area contributed by atoms with Crippen molar-refractivity contribution in [3.8, 4) is 5.69 Å². The number of tetrazole rings is 1. The van der Waals surface area contributed by atoms with Crippen LogP contribution in [0.2, 0.25) is 0 Å². The Bertz CT molecular complexity index is 620. The predicted octanol–water partition coefficient (Wildman–Crippen LogP) is 0.872. The molecule has 1 unspecified atom stereocenters. The molecule has 1 aromatic heterocycles. The Labute approximate surface area is 134 Å². The highest BCUT2D eigenvalue weighted by Gasteiger charge is 2.23. The first kappa shape index (κ1) is 15.6. The van der Waals surface area contributed by atoms with E-state index in [-0.39, 0.29) is 5.91 Å². The molecule has 0 bridgehead atoms. The van der Waals surface area contributed by atoms with Crippen molar-refractivity contribution in [1.82, 2.24) is 25.5 Å². The molecule has 0 aliphatic heterocycles. The van der Waals surface area contributed by atoms with Gasteiger partial charge in [0.1, 0.15) is 6.33 Å². The maximum Gasteiger partial charge on any atom is 0.224 e. The highest BCUT2D eigenvalue weighted by molar-refractivity contribution is 5.78. The summed E-state index contributed by atoms with van der Waals surface area (Å²) in [4.78, 5) is 12.0. The molecule has 0 radical (unpaired) electrons. The van der Waals surface area contributed by atoms with E-state index in [1.54, 1.807) is 4.68 Å². The van der Waals surface area contributed by atoms with Crippen molar-refractivity contribution in [1.29, 1.82) is 0 Å². The minimum absolute atomic E-state index is 0.0720. The van der Waals surface area contributed by atoms with E-state index in [0.717, 1.165) is 24.1 Å². The molecule has 0 spiro atoms. The van der Waals surface area contributed by atoms with E-state index in [0.29, 0.717) is 18.9 Å². The average molecular weight is 315 g/mol. The average Bonchev–Trinajstić information content (AvgIpc) is 3.26. The number of aliphatic hydroxyl groups excluding tert-OH is 1. The normalized spacial score (nSPS) is 16.4. The van der Waals surface area contributed by atoms with Gasteiger partial charge in [0.05, 0.1) is 18.2 Å². The highest BCUT2D eigenvalue weighted by atomic mass is 16.3. The molecule has 7 heteroatoms. The lowest BCUT2D eigenvalue weighted by Gasteiger charge is -2.18. The molecule has 0 saturated heterocycles. The lowest BCUT2D eigenvalue weighted by Crippen LogP contribution is -2.36. The van der Waals surface area contributed by atoms with Gasteiger partial charge in [0.25, 0.3) is 0 Å². The first-order valence-corrected chi connectivity index (χ1v) is 7.99. The van der Waals surface area contributed by atoms with Crippen molar-refractivity contribution in [3.63, 3.8) is 0 Å². The van der Waals surface area contributed by atoms with E-state index in [2.05, 4.69) is 20.8 Å². The van der Waals surface area contributed by atoms with Crippen LogP contribution in [0.1, 0.15) is 31.2 Å². The second-order valence-electron chi connectivity index (χ2n) is 6.01. The van der Waals surface area contributed by atoms with E-state index in [4.69, 9.17) is 0 Å². The monoisotopic (exact) mass is 315 g/mol. The quantitative estimate of drug-likeness (QED) is 0.825. The summed E-state index contributed by atoms with van der Waals surface area (Å²) < 4.78 is 1.56. The van der Waals surface area contributed by atoms with Crippen LogP contribution in [0.15, 0.2) is 30.6 Å². The van der Waals surface area contributed by atoms with Gasteiger partial charge in [-0.1, -0.05) is 25.0 Å². The van der Waals surface area contributed by atoms with Crippen molar-refractivity contribution in [2.24, 2.45) is 5.92 Å². The van der Waals surface area contributed by atoms with Crippen LogP contribution in [0.5, 0.6) is 0 Å². The third-order valence-corrected chi connectivity index (χ3v) is 4.37. The molecule has 1 aliphatic carbocycles. The molecule has 1 heterocycles. The summed E-state index contributed by atoms with van der Waals surface area (Å²) in [6, 6.07) is 7.49. The van der Waals surface area contributed by atoms with Crippen molar-refractivity contribution in [2.45, 2.75) is 38.2 Å². The van der Waals surface area contributed by atoms with Gasteiger partial charge in [-0.25, -0.2) is 4.68 Å². The van der Waals surface area contributed by atoms with Gasteiger partial charge in [-0.3, -0.25) is 4.79 Å². The molecule has 1 atom stereocenters. The number of hydrogen-bond donors (Lipinski definition) is 2. The van der Waals surface area contributed by atoms with Crippen LogP contribution in [0.25, 0.3) is 5.69 Å². The number of amides is 1. The van der Waals surface area contributed by atoms with Crippen molar-refractivity contribution in [2.75, 3.05) is 6.54 Å². The SMILES string of the molecule is O=C(Cc1ccc(-n2cnnn2)cc1)NCC(O)C1CCCC1. The zero-order chi connectivity index (χ0) is 16.1. The molecule has 23 heavy (non-hydrogen) atoms. The standard InChI is InChI=1S/C16H21N5O2/c22-15(13-3-1-2-4-13)10-17-16(23)9-12-5-7-14(8-6-12)21-11-18-19-20-21/h5-8,11,13,15,22H,1-4,9-10H2,(H,17,23). The van der Waals surface area contributed by atoms with E-state index >= 15 is 0 Å². The van der Waals surface area contributed by atoms with Crippen LogP contribution in [0.3, 0.4) is 0 Å². The Hall–Kier alpha value is -2.28. The van der Waals surface area contributed by atoms with Crippen molar-refractivity contribution in [3.05, 3.63) is 36.2 Å². The van der Waals surface area contributed by atoms with E-state index in [1.165, 1.54) is 19.2 Å². The minimum atomic E-state index is -0.427. The molecule has 1 saturated carbocycles. The van der Waals surface area contributed by atoms with Crippen LogP contribution >= 0.6 is 0 Å². The second-order valence-corrected chi connectivity index (χ2v) is 6.01. The Balaban J connectivity index is 1.47. The van der Waals surface area contributed by atoms with E-state index in [9.17, 15) is 9.90 Å². The van der Waals surface area contributed by atoms with Gasteiger partial charge < -0.3 is 10.4 Å². The minimum Gasteiger partial charge on any atom is -0.391 e. The summed E-state index contributed by atoms with van der Waals surface area (Å²) in [6.45, 7) is 0.339. The molecular weight excluding hydrogens is 294 g/mol. The number of rotatable bonds is 6. The maximum absolute atomic E-state index is 12.0. The fourth-order valence-corrected chi connectivity index (χ4v) is 3.02. The van der Waals surface area contributed by atoms with Gasteiger partial charge in [-0.15, -0.1) is 5.10 Å². The Morgan fingerprint density at radius 1 is 1.30 bits per heavy atom. The van der Waals surface area contributed by atoms with Gasteiger partial charge in [-0.2, -0.15) is 0 Å². The molecular formula is C16H21N5O2. The Morgan fingerprint density at radius 2 is 2.04 bits per heavy atom. The van der Waals surface area contributed by atoms with Crippen molar-refractivity contribution < 1.29 is 9.90 Å². The second kappa shape index (κ2) is 7.32. The number of nitrogens with one attached hydrogen (secondary N) is 1. The fraction of sp³-hybridized carbons (Fsp3) is 0.500. The fourth-order valence-electron chi connectivity index (χ4n) is 3.02. The van der Waals surface area contributed by atoms with Gasteiger partial charge in [0.2, 0.25) is 5.91 Å². The third-order valence-electron chi connectivity index (χ3n) is 4.37. The summed E-state index contributed by atoms with van der Waals surface area (Å²) in [5, 5.41) is 23.9. The first-order valence-electron chi connectivity index (χ1n) is 7.99. The van der Waals surface area contributed by atoms with Gasteiger partial charge >= 0.3 is 0 Å². The third kappa shape index (κ3) is 4.13. The number of aliphatic hydroxyl groups is 1. The smallest absolute Gasteiger partial charge is 0.224 e. The van der Waals surface area contributed by atoms with Crippen LogP contribution in [-0.4, -0.2) is 43.9 Å². The van der Waals surface area contributed by atoms with Crippen LogP contribution in [0.4, 0.5) is 0 Å². The Morgan fingerprint density at radius 3 is 2.70 bits per heavy atom. The molecule has 1 amide bonds. The lowest BCUT2D eigenvalue weighted by atomic mass is 10.0. The summed E-state index contributed by atoms with van der Waals surface area (Å²) >= 11 is 0. The topological polar surface area (TPSA) is 92.9 Å². The van der Waals surface area contributed by atoms with Gasteiger partial charge in [0, 0.05) is 6.54 Å². The highest BCUT2D eigenvalue weighted by Crippen LogP contribution is 2.27. The zero-order valence-corrected chi connectivity index (χ0v) is 12.9. The predicted molar refractivity (Wildman–Crippen MR) is 83.8 cm³/mol. The number of benzene rings is 1. The molecule has 2 aromatic rings. The molecule has 1 aliphatic rings. The summed E-state index contributed by atoms with van der Waals surface area (Å²) in [6.07, 6.45) is 5.89. The Kier molecular flexibility index (Phi) is 4.97. The lowest BCUT2D eigenvalue weighted by molar-refractivity contribution is -0.121. The molecule has 7 nitrogen and oxygen atoms in total. The molecule has 2 N–H and O–H groups in total. The van der Waals surface area contributed by atoms with Gasteiger partial charge in [-0.05, 0) is 46.9 Å². The summed E-state index contributed by atoms with van der Waals surface area (Å²) in [7, 11) is 0. The molecule has 3 rings (SSSR count). The molecule has 1 aromatic carbocycles.